The Bertz CT molecular complexity index is 1050. The van der Waals surface area contributed by atoms with Gasteiger partial charge in [-0.05, 0) is 49.3 Å². The highest BCUT2D eigenvalue weighted by Gasteiger charge is 2.26. The van der Waals surface area contributed by atoms with Gasteiger partial charge in [0.2, 0.25) is 15.9 Å². The van der Waals surface area contributed by atoms with Crippen molar-refractivity contribution in [2.24, 2.45) is 5.92 Å². The number of aryl methyl sites for hydroxylation is 1. The SMILES string of the molecule is Cc1ccccc1N(CC(=O)Nc1sc2c(c1C#N)CC[C@H](C)C2)S(C)(=O)=O. The third-order valence-electron chi connectivity index (χ3n) is 4.95. The van der Waals surface area contributed by atoms with Crippen molar-refractivity contribution in [1.82, 2.24) is 0 Å². The van der Waals surface area contributed by atoms with Gasteiger partial charge in [-0.25, -0.2) is 8.42 Å². The van der Waals surface area contributed by atoms with Crippen molar-refractivity contribution in [2.75, 3.05) is 22.4 Å². The first-order valence-electron chi connectivity index (χ1n) is 9.08. The van der Waals surface area contributed by atoms with Crippen LogP contribution in [0.25, 0.3) is 0 Å². The van der Waals surface area contributed by atoms with E-state index in [1.165, 1.54) is 11.3 Å². The molecule has 2 aromatic rings. The minimum atomic E-state index is -3.64. The van der Waals surface area contributed by atoms with E-state index in [2.05, 4.69) is 18.3 Å². The van der Waals surface area contributed by atoms with E-state index in [0.29, 0.717) is 22.2 Å². The molecule has 1 amide bonds. The summed E-state index contributed by atoms with van der Waals surface area (Å²) in [6.45, 7) is 3.64. The van der Waals surface area contributed by atoms with Gasteiger partial charge >= 0.3 is 0 Å². The summed E-state index contributed by atoms with van der Waals surface area (Å²) in [5, 5.41) is 12.9. The quantitative estimate of drug-likeness (QED) is 0.807. The summed E-state index contributed by atoms with van der Waals surface area (Å²) in [7, 11) is -3.64. The molecule has 6 nitrogen and oxygen atoms in total. The Kier molecular flexibility index (Phi) is 5.77. The van der Waals surface area contributed by atoms with Crippen LogP contribution in [0.15, 0.2) is 24.3 Å². The number of nitriles is 1. The van der Waals surface area contributed by atoms with Crippen LogP contribution in [0.2, 0.25) is 0 Å². The highest BCUT2D eigenvalue weighted by atomic mass is 32.2. The highest BCUT2D eigenvalue weighted by molar-refractivity contribution is 7.92. The van der Waals surface area contributed by atoms with Gasteiger partial charge in [0.15, 0.2) is 0 Å². The minimum absolute atomic E-state index is 0.340. The van der Waals surface area contributed by atoms with Crippen molar-refractivity contribution in [3.05, 3.63) is 45.8 Å². The van der Waals surface area contributed by atoms with Crippen LogP contribution in [0.4, 0.5) is 10.7 Å². The van der Waals surface area contributed by atoms with Crippen LogP contribution in [-0.4, -0.2) is 27.1 Å². The lowest BCUT2D eigenvalue weighted by atomic mass is 9.89. The van der Waals surface area contributed by atoms with Gasteiger partial charge in [0.25, 0.3) is 0 Å². The van der Waals surface area contributed by atoms with Crippen LogP contribution in [0.5, 0.6) is 0 Å². The molecule has 0 saturated heterocycles. The highest BCUT2D eigenvalue weighted by Crippen LogP contribution is 2.39. The number of sulfonamides is 1. The number of thiophene rings is 1. The zero-order chi connectivity index (χ0) is 20.5. The lowest BCUT2D eigenvalue weighted by Crippen LogP contribution is -2.37. The summed E-state index contributed by atoms with van der Waals surface area (Å²) >= 11 is 1.43. The average Bonchev–Trinajstić information content (AvgIpc) is 2.95. The van der Waals surface area contributed by atoms with Gasteiger partial charge in [-0.2, -0.15) is 5.26 Å². The van der Waals surface area contributed by atoms with E-state index >= 15 is 0 Å². The summed E-state index contributed by atoms with van der Waals surface area (Å²) in [6.07, 6.45) is 3.85. The molecule has 1 aliphatic rings. The predicted octanol–water partition coefficient (Wildman–Crippen LogP) is 3.46. The molecule has 0 fully saturated rings. The van der Waals surface area contributed by atoms with Gasteiger partial charge in [-0.15, -0.1) is 11.3 Å². The fraction of sp³-hybridized carbons (Fsp3) is 0.400. The van der Waals surface area contributed by atoms with Crippen LogP contribution in [0.1, 0.15) is 34.9 Å². The summed E-state index contributed by atoms with van der Waals surface area (Å²) in [5.41, 5.74) is 2.78. The van der Waals surface area contributed by atoms with E-state index in [9.17, 15) is 18.5 Å². The third-order valence-corrected chi connectivity index (χ3v) is 7.24. The van der Waals surface area contributed by atoms with Crippen molar-refractivity contribution >= 4 is 38.0 Å². The standard InChI is InChI=1S/C20H23N3O3S2/c1-13-8-9-15-16(11-21)20(27-18(15)10-13)22-19(24)12-23(28(3,25)26)17-7-5-4-6-14(17)2/h4-7,13H,8-10,12H2,1-3H3,(H,22,24)/t13-/m0/s1. The van der Waals surface area contributed by atoms with Gasteiger partial charge in [0.1, 0.15) is 17.6 Å². The summed E-state index contributed by atoms with van der Waals surface area (Å²) in [5.74, 6) is 0.0971. The van der Waals surface area contributed by atoms with Gasteiger partial charge in [-0.3, -0.25) is 9.10 Å². The third kappa shape index (κ3) is 4.21. The van der Waals surface area contributed by atoms with Crippen LogP contribution in [0.3, 0.4) is 0 Å². The summed E-state index contributed by atoms with van der Waals surface area (Å²) in [6, 6.07) is 9.24. The topological polar surface area (TPSA) is 90.3 Å². The Morgan fingerprint density at radius 2 is 2.11 bits per heavy atom. The Morgan fingerprint density at radius 1 is 1.39 bits per heavy atom. The molecule has 1 aromatic heterocycles. The van der Waals surface area contributed by atoms with Crippen LogP contribution in [-0.2, 0) is 27.7 Å². The number of hydrogen-bond acceptors (Lipinski definition) is 5. The number of rotatable bonds is 5. The largest absolute Gasteiger partial charge is 0.315 e. The maximum absolute atomic E-state index is 12.7. The number of para-hydroxylation sites is 1. The zero-order valence-corrected chi connectivity index (χ0v) is 17.8. The molecule has 3 rings (SSSR count). The maximum atomic E-state index is 12.7. The fourth-order valence-electron chi connectivity index (χ4n) is 3.48. The maximum Gasteiger partial charge on any atom is 0.245 e. The first kappa shape index (κ1) is 20.4. The molecule has 1 N–H and O–H groups in total. The minimum Gasteiger partial charge on any atom is -0.315 e. The molecule has 0 saturated carbocycles. The number of carbonyl (C=O) groups is 1. The molecule has 1 aromatic carbocycles. The molecule has 28 heavy (non-hydrogen) atoms. The molecule has 1 atom stereocenters. The lowest BCUT2D eigenvalue weighted by Gasteiger charge is -2.23. The second kappa shape index (κ2) is 7.94. The number of benzene rings is 1. The fourth-order valence-corrected chi connectivity index (χ4v) is 5.77. The molecular weight excluding hydrogens is 394 g/mol. The van der Waals surface area contributed by atoms with Crippen molar-refractivity contribution < 1.29 is 13.2 Å². The predicted molar refractivity (Wildman–Crippen MR) is 112 cm³/mol. The van der Waals surface area contributed by atoms with Crippen molar-refractivity contribution in [1.29, 1.82) is 5.26 Å². The molecule has 0 bridgehead atoms. The second-order valence-electron chi connectivity index (χ2n) is 7.27. The van der Waals surface area contributed by atoms with Crippen molar-refractivity contribution in [3.8, 4) is 6.07 Å². The number of nitrogens with one attached hydrogen (secondary N) is 1. The van der Waals surface area contributed by atoms with E-state index in [1.807, 2.05) is 6.07 Å². The van der Waals surface area contributed by atoms with E-state index < -0.39 is 15.9 Å². The number of amides is 1. The normalized spacial score (nSPS) is 16.1. The molecule has 8 heteroatoms. The van der Waals surface area contributed by atoms with Crippen LogP contribution >= 0.6 is 11.3 Å². The molecule has 0 unspecified atom stereocenters. The molecule has 0 radical (unpaired) electrons. The van der Waals surface area contributed by atoms with E-state index in [0.717, 1.165) is 45.8 Å². The molecule has 1 aliphatic carbocycles. The number of fused-ring (bicyclic) bond motifs is 1. The number of hydrogen-bond donors (Lipinski definition) is 1. The smallest absolute Gasteiger partial charge is 0.245 e. The molecule has 1 heterocycles. The Labute approximate surface area is 169 Å². The first-order chi connectivity index (χ1) is 13.2. The number of carbonyl (C=O) groups excluding carboxylic acids is 1. The number of anilines is 2. The van der Waals surface area contributed by atoms with Gasteiger partial charge in [-0.1, -0.05) is 25.1 Å². The molecular formula is C20H23N3O3S2. The summed E-state index contributed by atoms with van der Waals surface area (Å²) in [4.78, 5) is 13.8. The van der Waals surface area contributed by atoms with E-state index in [1.54, 1.807) is 25.1 Å². The molecule has 0 aliphatic heterocycles. The Hall–Kier alpha value is -2.37. The lowest BCUT2D eigenvalue weighted by molar-refractivity contribution is -0.114. The number of nitrogens with zero attached hydrogens (tertiary/aromatic N) is 2. The van der Waals surface area contributed by atoms with E-state index in [4.69, 9.17) is 0 Å². The Balaban J connectivity index is 1.85. The average molecular weight is 418 g/mol. The zero-order valence-electron chi connectivity index (χ0n) is 16.2. The summed E-state index contributed by atoms with van der Waals surface area (Å²) < 4.78 is 25.7. The van der Waals surface area contributed by atoms with Crippen LogP contribution in [0, 0.1) is 24.2 Å². The van der Waals surface area contributed by atoms with Crippen molar-refractivity contribution in [2.45, 2.75) is 33.1 Å². The first-order valence-corrected chi connectivity index (χ1v) is 11.7. The monoisotopic (exact) mass is 417 g/mol. The Morgan fingerprint density at radius 3 is 2.75 bits per heavy atom. The van der Waals surface area contributed by atoms with Gasteiger partial charge in [0, 0.05) is 4.88 Å². The van der Waals surface area contributed by atoms with E-state index in [-0.39, 0.29) is 6.54 Å². The second-order valence-corrected chi connectivity index (χ2v) is 10.3. The van der Waals surface area contributed by atoms with Crippen molar-refractivity contribution in [3.63, 3.8) is 0 Å². The van der Waals surface area contributed by atoms with Gasteiger partial charge < -0.3 is 5.32 Å². The van der Waals surface area contributed by atoms with Gasteiger partial charge in [0.05, 0.1) is 17.5 Å². The molecule has 148 valence electrons. The molecule has 0 spiro atoms. The van der Waals surface area contributed by atoms with Crippen LogP contribution < -0.4 is 9.62 Å².